The Morgan fingerprint density at radius 2 is 2.05 bits per heavy atom. The van der Waals surface area contributed by atoms with Gasteiger partial charge in [-0.1, -0.05) is 13.3 Å². The molecule has 1 aromatic rings. The number of nitrogens with zero attached hydrogens (tertiary/aromatic N) is 1. The van der Waals surface area contributed by atoms with Crippen LogP contribution in [-0.4, -0.2) is 30.4 Å². The molecule has 0 aliphatic carbocycles. The van der Waals surface area contributed by atoms with Crippen LogP contribution in [0.25, 0.3) is 0 Å². The molecule has 4 heteroatoms. The molecule has 0 radical (unpaired) electrons. The van der Waals surface area contributed by atoms with Crippen molar-refractivity contribution in [3.05, 3.63) is 29.8 Å². The van der Waals surface area contributed by atoms with Gasteiger partial charge in [0.15, 0.2) is 0 Å². The van der Waals surface area contributed by atoms with E-state index in [9.17, 15) is 5.11 Å². The Morgan fingerprint density at radius 1 is 1.37 bits per heavy atom. The molecule has 1 rings (SSSR count). The van der Waals surface area contributed by atoms with Crippen LogP contribution in [0.2, 0.25) is 0 Å². The maximum Gasteiger partial charge on any atom is 0.119 e. The van der Waals surface area contributed by atoms with Crippen molar-refractivity contribution in [3.8, 4) is 11.8 Å². The van der Waals surface area contributed by atoms with Crippen LogP contribution in [0.5, 0.6) is 5.75 Å². The predicted octanol–water partition coefficient (Wildman–Crippen LogP) is 2.08. The van der Waals surface area contributed by atoms with Crippen LogP contribution in [0, 0.1) is 11.3 Å². The molecule has 2 N–H and O–H groups in total. The van der Waals surface area contributed by atoms with Crippen molar-refractivity contribution in [2.75, 3.05) is 13.2 Å². The van der Waals surface area contributed by atoms with Gasteiger partial charge in [-0.25, -0.2) is 0 Å². The standard InChI is InChI=1S/C15H22N2O2/c1-3-4-12(2)17-10-14(18)11-19-15-7-5-13(9-16)6-8-15/h5-8,12,14,17-18H,3-4,10-11H2,1-2H3. The van der Waals surface area contributed by atoms with E-state index in [4.69, 9.17) is 10.00 Å². The second-order valence-corrected chi connectivity index (χ2v) is 4.70. The maximum atomic E-state index is 9.79. The Bertz CT molecular complexity index is 398. The minimum absolute atomic E-state index is 0.248. The van der Waals surface area contributed by atoms with Crippen LogP contribution < -0.4 is 10.1 Å². The van der Waals surface area contributed by atoms with Crippen LogP contribution in [0.1, 0.15) is 32.3 Å². The van der Waals surface area contributed by atoms with E-state index in [0.717, 1.165) is 12.8 Å². The monoisotopic (exact) mass is 262 g/mol. The van der Waals surface area contributed by atoms with Crippen molar-refractivity contribution < 1.29 is 9.84 Å². The summed E-state index contributed by atoms with van der Waals surface area (Å²) in [5.41, 5.74) is 0.600. The molecule has 0 bridgehead atoms. The lowest BCUT2D eigenvalue weighted by molar-refractivity contribution is 0.104. The van der Waals surface area contributed by atoms with E-state index in [0.29, 0.717) is 23.9 Å². The van der Waals surface area contributed by atoms with Gasteiger partial charge >= 0.3 is 0 Å². The fourth-order valence-corrected chi connectivity index (χ4v) is 1.75. The third kappa shape index (κ3) is 6.23. The molecule has 2 atom stereocenters. The highest BCUT2D eigenvalue weighted by Gasteiger charge is 2.07. The third-order valence-electron chi connectivity index (χ3n) is 2.85. The quantitative estimate of drug-likeness (QED) is 0.753. The molecule has 104 valence electrons. The summed E-state index contributed by atoms with van der Waals surface area (Å²) in [6, 6.07) is 9.32. The van der Waals surface area contributed by atoms with Gasteiger partial charge in [-0.05, 0) is 37.6 Å². The fourth-order valence-electron chi connectivity index (χ4n) is 1.75. The summed E-state index contributed by atoms with van der Waals surface area (Å²) in [5, 5.41) is 21.7. The zero-order chi connectivity index (χ0) is 14.1. The summed E-state index contributed by atoms with van der Waals surface area (Å²) >= 11 is 0. The first-order valence-electron chi connectivity index (χ1n) is 6.70. The number of hydrogen-bond donors (Lipinski definition) is 2. The number of hydrogen-bond acceptors (Lipinski definition) is 4. The summed E-state index contributed by atoms with van der Waals surface area (Å²) in [7, 11) is 0. The molecule has 0 aliphatic rings. The SMILES string of the molecule is CCCC(C)NCC(O)COc1ccc(C#N)cc1. The van der Waals surface area contributed by atoms with Crippen LogP contribution in [0.3, 0.4) is 0 Å². The molecule has 0 saturated heterocycles. The van der Waals surface area contributed by atoms with Crippen molar-refractivity contribution in [1.29, 1.82) is 5.26 Å². The van der Waals surface area contributed by atoms with Gasteiger partial charge < -0.3 is 15.2 Å². The molecule has 0 aromatic heterocycles. The lowest BCUT2D eigenvalue weighted by Crippen LogP contribution is -2.36. The van der Waals surface area contributed by atoms with Crippen LogP contribution in [0.4, 0.5) is 0 Å². The van der Waals surface area contributed by atoms with E-state index in [2.05, 4.69) is 19.2 Å². The smallest absolute Gasteiger partial charge is 0.119 e. The predicted molar refractivity (Wildman–Crippen MR) is 75.0 cm³/mol. The topological polar surface area (TPSA) is 65.3 Å². The van der Waals surface area contributed by atoms with Gasteiger partial charge in [0.25, 0.3) is 0 Å². The second-order valence-electron chi connectivity index (χ2n) is 4.70. The molecule has 1 aromatic carbocycles. The number of nitrogens with one attached hydrogen (secondary N) is 1. The molecular weight excluding hydrogens is 240 g/mol. The number of aliphatic hydroxyl groups excluding tert-OH is 1. The average molecular weight is 262 g/mol. The molecule has 0 saturated carbocycles. The molecule has 2 unspecified atom stereocenters. The Hall–Kier alpha value is -1.57. The highest BCUT2D eigenvalue weighted by molar-refractivity contribution is 5.34. The Kier molecular flexibility index (Phi) is 6.94. The van der Waals surface area contributed by atoms with E-state index in [1.165, 1.54) is 0 Å². The molecule has 0 spiro atoms. The molecule has 0 fully saturated rings. The molecule has 0 heterocycles. The summed E-state index contributed by atoms with van der Waals surface area (Å²) in [6.45, 7) is 5.02. The van der Waals surface area contributed by atoms with Crippen molar-refractivity contribution >= 4 is 0 Å². The average Bonchev–Trinajstić information content (AvgIpc) is 2.44. The summed E-state index contributed by atoms with van der Waals surface area (Å²) in [6.07, 6.45) is 1.70. The summed E-state index contributed by atoms with van der Waals surface area (Å²) < 4.78 is 5.46. The van der Waals surface area contributed by atoms with E-state index in [-0.39, 0.29) is 6.61 Å². The van der Waals surface area contributed by atoms with Gasteiger partial charge in [-0.15, -0.1) is 0 Å². The number of rotatable bonds is 8. The largest absolute Gasteiger partial charge is 0.491 e. The minimum Gasteiger partial charge on any atom is -0.491 e. The molecule has 0 aliphatic heterocycles. The Morgan fingerprint density at radius 3 is 2.63 bits per heavy atom. The first kappa shape index (κ1) is 15.5. The van der Waals surface area contributed by atoms with E-state index < -0.39 is 6.10 Å². The van der Waals surface area contributed by atoms with Gasteiger partial charge in [0.05, 0.1) is 11.6 Å². The fraction of sp³-hybridized carbons (Fsp3) is 0.533. The third-order valence-corrected chi connectivity index (χ3v) is 2.85. The number of ether oxygens (including phenoxy) is 1. The van der Waals surface area contributed by atoms with Gasteiger partial charge in [0, 0.05) is 12.6 Å². The lowest BCUT2D eigenvalue weighted by atomic mass is 10.2. The molecule has 4 nitrogen and oxygen atoms in total. The number of aliphatic hydroxyl groups is 1. The van der Waals surface area contributed by atoms with Crippen molar-refractivity contribution in [2.45, 2.75) is 38.8 Å². The zero-order valence-corrected chi connectivity index (χ0v) is 11.6. The first-order valence-corrected chi connectivity index (χ1v) is 6.70. The molecule has 19 heavy (non-hydrogen) atoms. The van der Waals surface area contributed by atoms with Gasteiger partial charge in [-0.2, -0.15) is 5.26 Å². The maximum absolute atomic E-state index is 9.79. The number of nitriles is 1. The normalized spacial score (nSPS) is 13.6. The van der Waals surface area contributed by atoms with Crippen LogP contribution >= 0.6 is 0 Å². The van der Waals surface area contributed by atoms with Crippen molar-refractivity contribution in [2.24, 2.45) is 0 Å². The van der Waals surface area contributed by atoms with Gasteiger partial charge in [0.2, 0.25) is 0 Å². The van der Waals surface area contributed by atoms with E-state index in [1.54, 1.807) is 24.3 Å². The lowest BCUT2D eigenvalue weighted by Gasteiger charge is -2.17. The van der Waals surface area contributed by atoms with E-state index in [1.807, 2.05) is 6.07 Å². The number of benzene rings is 1. The highest BCUT2D eigenvalue weighted by Crippen LogP contribution is 2.11. The zero-order valence-electron chi connectivity index (χ0n) is 11.6. The second kappa shape index (κ2) is 8.52. The molecule has 0 amide bonds. The van der Waals surface area contributed by atoms with Crippen LogP contribution in [0.15, 0.2) is 24.3 Å². The summed E-state index contributed by atoms with van der Waals surface area (Å²) in [4.78, 5) is 0. The summed E-state index contributed by atoms with van der Waals surface area (Å²) in [5.74, 6) is 0.666. The highest BCUT2D eigenvalue weighted by atomic mass is 16.5. The first-order chi connectivity index (χ1) is 9.15. The Balaban J connectivity index is 2.25. The van der Waals surface area contributed by atoms with Crippen molar-refractivity contribution in [3.63, 3.8) is 0 Å². The van der Waals surface area contributed by atoms with Gasteiger partial charge in [-0.3, -0.25) is 0 Å². The van der Waals surface area contributed by atoms with Gasteiger partial charge in [0.1, 0.15) is 18.5 Å². The van der Waals surface area contributed by atoms with Crippen LogP contribution in [-0.2, 0) is 0 Å². The van der Waals surface area contributed by atoms with E-state index >= 15 is 0 Å². The van der Waals surface area contributed by atoms with Crippen molar-refractivity contribution in [1.82, 2.24) is 5.32 Å². The Labute approximate surface area is 115 Å². The minimum atomic E-state index is -0.532. The molecular formula is C15H22N2O2.